The summed E-state index contributed by atoms with van der Waals surface area (Å²) in [5.74, 6) is 0.398. The third-order valence-corrected chi connectivity index (χ3v) is 3.68. The second kappa shape index (κ2) is 6.93. The first-order valence-corrected chi connectivity index (χ1v) is 7.72. The van der Waals surface area contributed by atoms with Crippen LogP contribution >= 0.6 is 0 Å². The van der Waals surface area contributed by atoms with E-state index in [0.717, 1.165) is 28.7 Å². The van der Waals surface area contributed by atoms with Crippen molar-refractivity contribution in [3.8, 4) is 28.3 Å². The third kappa shape index (κ3) is 4.35. The Morgan fingerprint density at radius 1 is 0.800 bits per heavy atom. The molecule has 0 atom stereocenters. The predicted molar refractivity (Wildman–Crippen MR) is 89.0 cm³/mol. The average molecular weight is 344 g/mol. The highest BCUT2D eigenvalue weighted by atomic mass is 19.4. The van der Waals surface area contributed by atoms with Crippen LogP contribution in [0.4, 0.5) is 13.2 Å². The number of aromatic nitrogens is 2. The Bertz CT molecular complexity index is 827. The Hall–Kier alpha value is -2.89. The average Bonchev–Trinajstić information content (AvgIpc) is 2.61. The second-order valence-electron chi connectivity index (χ2n) is 5.42. The highest BCUT2D eigenvalue weighted by Crippen LogP contribution is 2.27. The van der Waals surface area contributed by atoms with Gasteiger partial charge in [0, 0.05) is 18.0 Å². The van der Waals surface area contributed by atoms with Gasteiger partial charge in [-0.15, -0.1) is 13.2 Å². The SMILES string of the molecule is CCc1cnc(-c2ccc(-c3ccc(OC(F)(F)F)cc3)cc2)nc1. The van der Waals surface area contributed by atoms with Crippen LogP contribution in [-0.2, 0) is 6.42 Å². The first kappa shape index (κ1) is 17.0. The lowest BCUT2D eigenvalue weighted by Crippen LogP contribution is -2.16. The lowest BCUT2D eigenvalue weighted by Gasteiger charge is -2.09. The Morgan fingerprint density at radius 3 is 1.76 bits per heavy atom. The lowest BCUT2D eigenvalue weighted by atomic mass is 10.0. The monoisotopic (exact) mass is 344 g/mol. The smallest absolute Gasteiger partial charge is 0.406 e. The van der Waals surface area contributed by atoms with E-state index in [9.17, 15) is 13.2 Å². The first-order valence-electron chi connectivity index (χ1n) is 7.72. The Labute approximate surface area is 143 Å². The molecule has 128 valence electrons. The van der Waals surface area contributed by atoms with Crippen molar-refractivity contribution < 1.29 is 17.9 Å². The van der Waals surface area contributed by atoms with E-state index < -0.39 is 6.36 Å². The number of hydrogen-bond acceptors (Lipinski definition) is 3. The number of aryl methyl sites for hydroxylation is 1. The molecule has 0 aliphatic heterocycles. The fourth-order valence-electron chi connectivity index (χ4n) is 2.35. The zero-order chi connectivity index (χ0) is 17.9. The van der Waals surface area contributed by atoms with Crippen molar-refractivity contribution >= 4 is 0 Å². The number of hydrogen-bond donors (Lipinski definition) is 0. The molecule has 0 saturated heterocycles. The van der Waals surface area contributed by atoms with Gasteiger partial charge in [-0.1, -0.05) is 43.3 Å². The largest absolute Gasteiger partial charge is 0.573 e. The minimum atomic E-state index is -4.68. The van der Waals surface area contributed by atoms with Crippen molar-refractivity contribution in [1.82, 2.24) is 9.97 Å². The maximum atomic E-state index is 12.2. The van der Waals surface area contributed by atoms with Crippen LogP contribution in [0.5, 0.6) is 5.75 Å². The maximum absolute atomic E-state index is 12.2. The van der Waals surface area contributed by atoms with Gasteiger partial charge in [-0.05, 0) is 35.2 Å². The van der Waals surface area contributed by atoms with Gasteiger partial charge in [0.2, 0.25) is 0 Å². The summed E-state index contributed by atoms with van der Waals surface area (Å²) >= 11 is 0. The molecule has 0 saturated carbocycles. The Balaban J connectivity index is 1.77. The van der Waals surface area contributed by atoms with Gasteiger partial charge in [0.15, 0.2) is 5.82 Å². The number of halogens is 3. The number of rotatable bonds is 4. The summed E-state index contributed by atoms with van der Waals surface area (Å²) in [7, 11) is 0. The molecule has 2 aromatic carbocycles. The molecule has 3 rings (SSSR count). The van der Waals surface area contributed by atoms with Crippen LogP contribution in [0.2, 0.25) is 0 Å². The van der Waals surface area contributed by atoms with Crippen LogP contribution in [0.1, 0.15) is 12.5 Å². The van der Waals surface area contributed by atoms with E-state index in [1.54, 1.807) is 24.5 Å². The summed E-state index contributed by atoms with van der Waals surface area (Å²) in [6.07, 6.45) is -0.199. The van der Waals surface area contributed by atoms with Gasteiger partial charge in [0.1, 0.15) is 5.75 Å². The highest BCUT2D eigenvalue weighted by molar-refractivity contribution is 5.68. The molecule has 6 heteroatoms. The molecule has 1 aromatic heterocycles. The van der Waals surface area contributed by atoms with E-state index in [-0.39, 0.29) is 5.75 Å². The fourth-order valence-corrected chi connectivity index (χ4v) is 2.35. The predicted octanol–water partition coefficient (Wildman–Crippen LogP) is 5.27. The number of alkyl halides is 3. The van der Waals surface area contributed by atoms with Crippen LogP contribution < -0.4 is 4.74 Å². The summed E-state index contributed by atoms with van der Waals surface area (Å²) in [6, 6.07) is 13.3. The molecule has 0 radical (unpaired) electrons. The molecular formula is C19H15F3N2O. The van der Waals surface area contributed by atoms with Crippen molar-refractivity contribution in [3.05, 3.63) is 66.5 Å². The molecule has 0 amide bonds. The van der Waals surface area contributed by atoms with Gasteiger partial charge in [0.05, 0.1) is 0 Å². The zero-order valence-electron chi connectivity index (χ0n) is 13.4. The van der Waals surface area contributed by atoms with Crippen molar-refractivity contribution in [2.45, 2.75) is 19.7 Å². The quantitative estimate of drug-likeness (QED) is 0.646. The second-order valence-corrected chi connectivity index (χ2v) is 5.42. The molecule has 1 heterocycles. The highest BCUT2D eigenvalue weighted by Gasteiger charge is 2.30. The van der Waals surface area contributed by atoms with Crippen molar-refractivity contribution in [3.63, 3.8) is 0 Å². The van der Waals surface area contributed by atoms with Crippen LogP contribution in [0.15, 0.2) is 60.9 Å². The van der Waals surface area contributed by atoms with Crippen molar-refractivity contribution in [1.29, 1.82) is 0 Å². The number of benzene rings is 2. The molecule has 3 aromatic rings. The molecule has 3 nitrogen and oxygen atoms in total. The molecular weight excluding hydrogens is 329 g/mol. The van der Waals surface area contributed by atoms with Crippen LogP contribution in [-0.4, -0.2) is 16.3 Å². The Kier molecular flexibility index (Phi) is 4.70. The summed E-state index contributed by atoms with van der Waals surface area (Å²) < 4.78 is 40.4. The first-order chi connectivity index (χ1) is 11.9. The van der Waals surface area contributed by atoms with E-state index in [1.165, 1.54) is 12.1 Å². The topological polar surface area (TPSA) is 35.0 Å². The van der Waals surface area contributed by atoms with Gasteiger partial charge in [0.25, 0.3) is 0 Å². The minimum absolute atomic E-state index is 0.239. The molecule has 0 bridgehead atoms. The Morgan fingerprint density at radius 2 is 1.28 bits per heavy atom. The maximum Gasteiger partial charge on any atom is 0.573 e. The van der Waals surface area contributed by atoms with Crippen LogP contribution in [0.3, 0.4) is 0 Å². The van der Waals surface area contributed by atoms with Crippen LogP contribution in [0.25, 0.3) is 22.5 Å². The van der Waals surface area contributed by atoms with E-state index in [4.69, 9.17) is 0 Å². The van der Waals surface area contributed by atoms with Crippen LogP contribution in [0, 0.1) is 0 Å². The summed E-state index contributed by atoms with van der Waals surface area (Å²) in [5, 5.41) is 0. The van der Waals surface area contributed by atoms with E-state index >= 15 is 0 Å². The molecule has 0 aliphatic carbocycles. The molecule has 0 aliphatic rings. The molecule has 0 spiro atoms. The van der Waals surface area contributed by atoms with Gasteiger partial charge >= 0.3 is 6.36 Å². The third-order valence-electron chi connectivity index (χ3n) is 3.68. The summed E-state index contributed by atoms with van der Waals surface area (Å²) in [6.45, 7) is 2.04. The zero-order valence-corrected chi connectivity index (χ0v) is 13.4. The van der Waals surface area contributed by atoms with Gasteiger partial charge in [-0.25, -0.2) is 9.97 Å². The molecule has 0 fully saturated rings. The van der Waals surface area contributed by atoms with Gasteiger partial charge in [-0.2, -0.15) is 0 Å². The summed E-state index contributed by atoms with van der Waals surface area (Å²) in [4.78, 5) is 8.67. The lowest BCUT2D eigenvalue weighted by molar-refractivity contribution is -0.274. The standard InChI is InChI=1S/C19H15F3N2O/c1-2-13-11-23-18(24-12-13)16-5-3-14(4-6-16)15-7-9-17(10-8-15)25-19(20,21)22/h3-12H,2H2,1H3. The minimum Gasteiger partial charge on any atom is -0.406 e. The van der Waals surface area contributed by atoms with Crippen molar-refractivity contribution in [2.24, 2.45) is 0 Å². The van der Waals surface area contributed by atoms with Gasteiger partial charge < -0.3 is 4.74 Å². The van der Waals surface area contributed by atoms with Crippen molar-refractivity contribution in [2.75, 3.05) is 0 Å². The molecule has 25 heavy (non-hydrogen) atoms. The molecule has 0 N–H and O–H groups in total. The fraction of sp³-hybridized carbons (Fsp3) is 0.158. The number of nitrogens with zero attached hydrogens (tertiary/aromatic N) is 2. The van der Waals surface area contributed by atoms with E-state index in [0.29, 0.717) is 5.82 Å². The summed E-state index contributed by atoms with van der Waals surface area (Å²) in [5.41, 5.74) is 3.63. The number of ether oxygens (including phenoxy) is 1. The van der Waals surface area contributed by atoms with E-state index in [1.807, 2.05) is 31.2 Å². The normalized spacial score (nSPS) is 11.4. The van der Waals surface area contributed by atoms with E-state index in [2.05, 4.69) is 14.7 Å². The van der Waals surface area contributed by atoms with Gasteiger partial charge in [-0.3, -0.25) is 0 Å². The molecule has 0 unspecified atom stereocenters.